The van der Waals surface area contributed by atoms with Crippen LogP contribution in [0.1, 0.15) is 28.7 Å². The molecule has 0 saturated carbocycles. The molecule has 1 heterocycles. The third-order valence-electron chi connectivity index (χ3n) is 4.48. The van der Waals surface area contributed by atoms with E-state index in [4.69, 9.17) is 19.3 Å². The third-order valence-corrected chi connectivity index (χ3v) is 4.48. The summed E-state index contributed by atoms with van der Waals surface area (Å²) in [5.41, 5.74) is 2.46. The van der Waals surface area contributed by atoms with Crippen molar-refractivity contribution in [3.05, 3.63) is 53.1 Å². The van der Waals surface area contributed by atoms with Gasteiger partial charge in [-0.15, -0.1) is 0 Å². The van der Waals surface area contributed by atoms with Crippen LogP contribution in [0.25, 0.3) is 6.08 Å². The van der Waals surface area contributed by atoms with Gasteiger partial charge in [0.1, 0.15) is 6.10 Å². The highest BCUT2D eigenvalue weighted by Gasteiger charge is 2.37. The Morgan fingerprint density at radius 3 is 2.50 bits per heavy atom. The summed E-state index contributed by atoms with van der Waals surface area (Å²) in [4.78, 5) is 0. The topological polar surface area (TPSA) is 88.4 Å². The van der Waals surface area contributed by atoms with Crippen LogP contribution in [0, 0.1) is 0 Å². The van der Waals surface area contributed by atoms with Crippen LogP contribution in [0.15, 0.2) is 36.4 Å². The predicted octanol–water partition coefficient (Wildman–Crippen LogP) is 2.62. The summed E-state index contributed by atoms with van der Waals surface area (Å²) < 4.78 is 16.7. The lowest BCUT2D eigenvalue weighted by molar-refractivity contribution is 0.157. The van der Waals surface area contributed by atoms with E-state index in [1.54, 1.807) is 37.5 Å². The van der Waals surface area contributed by atoms with Crippen molar-refractivity contribution in [1.82, 2.24) is 0 Å². The highest BCUT2D eigenvalue weighted by Crippen LogP contribution is 2.51. The van der Waals surface area contributed by atoms with Crippen LogP contribution >= 0.6 is 0 Å². The van der Waals surface area contributed by atoms with Crippen LogP contribution in [0.5, 0.6) is 23.0 Å². The lowest BCUT2D eigenvalue weighted by Gasteiger charge is -2.18. The van der Waals surface area contributed by atoms with E-state index >= 15 is 0 Å². The molecule has 1 aliphatic rings. The standard InChI is InChI=1S/C20H22O6/c1-24-17-10-13(5-6-16(17)23)19-15(11-22)14-8-12(4-3-7-21)9-18(25-2)20(14)26-19/h3-6,8-10,15,19,21-23H,7,11H2,1-2H3/b4-3+/t15-,19-/m0/s1. The van der Waals surface area contributed by atoms with E-state index < -0.39 is 6.10 Å². The molecule has 3 N–H and O–H groups in total. The number of fused-ring (bicyclic) bond motifs is 1. The number of ether oxygens (including phenoxy) is 3. The van der Waals surface area contributed by atoms with Gasteiger partial charge in [0.25, 0.3) is 0 Å². The van der Waals surface area contributed by atoms with Gasteiger partial charge in [0, 0.05) is 5.56 Å². The van der Waals surface area contributed by atoms with Crippen LogP contribution in [-0.4, -0.2) is 42.8 Å². The zero-order chi connectivity index (χ0) is 18.7. The molecule has 0 unspecified atom stereocenters. The lowest BCUT2D eigenvalue weighted by atomic mass is 9.90. The molecule has 0 spiro atoms. The Morgan fingerprint density at radius 2 is 1.85 bits per heavy atom. The van der Waals surface area contributed by atoms with Gasteiger partial charge in [0.15, 0.2) is 23.0 Å². The summed E-state index contributed by atoms with van der Waals surface area (Å²) in [5, 5.41) is 28.8. The molecule has 1 aliphatic heterocycles. The van der Waals surface area contributed by atoms with E-state index in [1.807, 2.05) is 12.1 Å². The van der Waals surface area contributed by atoms with Crippen molar-refractivity contribution in [2.45, 2.75) is 12.0 Å². The number of aliphatic hydroxyl groups is 2. The van der Waals surface area contributed by atoms with Crippen LogP contribution in [0.3, 0.4) is 0 Å². The fourth-order valence-electron chi connectivity index (χ4n) is 3.22. The van der Waals surface area contributed by atoms with Gasteiger partial charge in [-0.1, -0.05) is 18.2 Å². The zero-order valence-electron chi connectivity index (χ0n) is 14.7. The molecule has 0 saturated heterocycles. The number of phenols is 1. The summed E-state index contributed by atoms with van der Waals surface area (Å²) in [6.07, 6.45) is 2.98. The minimum Gasteiger partial charge on any atom is -0.504 e. The van der Waals surface area contributed by atoms with Gasteiger partial charge in [0.2, 0.25) is 0 Å². The maximum absolute atomic E-state index is 10.00. The summed E-state index contributed by atoms with van der Waals surface area (Å²) in [7, 11) is 3.04. The van der Waals surface area contributed by atoms with Gasteiger partial charge < -0.3 is 29.5 Å². The van der Waals surface area contributed by atoms with E-state index in [9.17, 15) is 10.2 Å². The molecule has 0 radical (unpaired) electrons. The number of phenolic OH excluding ortho intramolecular Hbond substituents is 1. The van der Waals surface area contributed by atoms with Crippen molar-refractivity contribution in [2.75, 3.05) is 27.4 Å². The first-order valence-corrected chi connectivity index (χ1v) is 8.26. The second kappa shape index (κ2) is 7.68. The van der Waals surface area contributed by atoms with Gasteiger partial charge in [-0.25, -0.2) is 0 Å². The van der Waals surface area contributed by atoms with Gasteiger partial charge >= 0.3 is 0 Å². The first kappa shape index (κ1) is 18.1. The van der Waals surface area contributed by atoms with Crippen molar-refractivity contribution in [3.8, 4) is 23.0 Å². The Hall–Kier alpha value is -2.70. The summed E-state index contributed by atoms with van der Waals surface area (Å²) in [6.45, 7) is -0.174. The zero-order valence-corrected chi connectivity index (χ0v) is 14.7. The SMILES string of the molecule is COc1cc([C@@H]2Oc3c(OC)cc(/C=C/CO)cc3[C@@H]2CO)ccc1O. The Balaban J connectivity index is 2.04. The number of hydrogen-bond donors (Lipinski definition) is 3. The van der Waals surface area contributed by atoms with Crippen molar-refractivity contribution in [1.29, 1.82) is 0 Å². The molecular weight excluding hydrogens is 336 g/mol. The molecule has 138 valence electrons. The van der Waals surface area contributed by atoms with Crippen molar-refractivity contribution in [3.63, 3.8) is 0 Å². The average Bonchev–Trinajstić information content (AvgIpc) is 3.04. The Bertz CT molecular complexity index is 814. The first-order valence-electron chi connectivity index (χ1n) is 8.26. The molecule has 6 nitrogen and oxygen atoms in total. The molecule has 6 heteroatoms. The molecule has 0 bridgehead atoms. The van der Waals surface area contributed by atoms with Crippen molar-refractivity contribution >= 4 is 6.08 Å². The minimum absolute atomic E-state index is 0.0429. The van der Waals surface area contributed by atoms with E-state index in [-0.39, 0.29) is 24.9 Å². The number of aromatic hydroxyl groups is 1. The number of hydrogen-bond acceptors (Lipinski definition) is 6. The predicted molar refractivity (Wildman–Crippen MR) is 97.0 cm³/mol. The monoisotopic (exact) mass is 358 g/mol. The number of benzene rings is 2. The molecule has 2 aromatic rings. The van der Waals surface area contributed by atoms with Crippen LogP contribution in [-0.2, 0) is 0 Å². The Morgan fingerprint density at radius 1 is 1.08 bits per heavy atom. The second-order valence-electron chi connectivity index (χ2n) is 5.99. The maximum Gasteiger partial charge on any atom is 0.165 e. The molecule has 0 aliphatic carbocycles. The lowest BCUT2D eigenvalue weighted by Crippen LogP contribution is -2.13. The first-order chi connectivity index (χ1) is 12.6. The molecule has 2 aromatic carbocycles. The molecule has 0 amide bonds. The van der Waals surface area contributed by atoms with Crippen molar-refractivity contribution < 1.29 is 29.5 Å². The molecule has 2 atom stereocenters. The van der Waals surface area contributed by atoms with E-state index in [0.29, 0.717) is 17.2 Å². The number of methoxy groups -OCH3 is 2. The van der Waals surface area contributed by atoms with Gasteiger partial charge in [0.05, 0.1) is 33.4 Å². The van der Waals surface area contributed by atoms with E-state index in [2.05, 4.69) is 0 Å². The molecule has 0 aromatic heterocycles. The summed E-state index contributed by atoms with van der Waals surface area (Å²) in [6, 6.07) is 8.73. The van der Waals surface area contributed by atoms with Gasteiger partial charge in [-0.3, -0.25) is 0 Å². The van der Waals surface area contributed by atoms with Crippen LogP contribution < -0.4 is 14.2 Å². The molecule has 0 fully saturated rings. The third kappa shape index (κ3) is 3.21. The fraction of sp³-hybridized carbons (Fsp3) is 0.300. The Labute approximate surface area is 151 Å². The Kier molecular flexibility index (Phi) is 5.35. The molecule has 26 heavy (non-hydrogen) atoms. The summed E-state index contributed by atoms with van der Waals surface area (Å²) in [5.74, 6) is 1.24. The van der Waals surface area contributed by atoms with E-state index in [1.165, 1.54) is 7.11 Å². The minimum atomic E-state index is -0.435. The fourth-order valence-corrected chi connectivity index (χ4v) is 3.22. The molecule has 3 rings (SSSR count). The summed E-state index contributed by atoms with van der Waals surface area (Å²) >= 11 is 0. The average molecular weight is 358 g/mol. The quantitative estimate of drug-likeness (QED) is 0.736. The normalized spacial score (nSPS) is 18.6. The number of aliphatic hydroxyl groups excluding tert-OH is 2. The highest BCUT2D eigenvalue weighted by molar-refractivity contribution is 5.62. The maximum atomic E-state index is 10.00. The molecular formula is C20H22O6. The second-order valence-corrected chi connectivity index (χ2v) is 5.99. The largest absolute Gasteiger partial charge is 0.504 e. The van der Waals surface area contributed by atoms with E-state index in [0.717, 1.165) is 16.7 Å². The van der Waals surface area contributed by atoms with Crippen LogP contribution in [0.2, 0.25) is 0 Å². The van der Waals surface area contributed by atoms with Gasteiger partial charge in [-0.2, -0.15) is 0 Å². The number of rotatable bonds is 6. The van der Waals surface area contributed by atoms with Crippen molar-refractivity contribution in [2.24, 2.45) is 0 Å². The van der Waals surface area contributed by atoms with Gasteiger partial charge in [-0.05, 0) is 35.4 Å². The smallest absolute Gasteiger partial charge is 0.165 e. The van der Waals surface area contributed by atoms with Crippen LogP contribution in [0.4, 0.5) is 0 Å². The highest BCUT2D eigenvalue weighted by atomic mass is 16.5.